The van der Waals surface area contributed by atoms with Gasteiger partial charge in [-0.25, -0.2) is 0 Å². The van der Waals surface area contributed by atoms with Gasteiger partial charge in [0.2, 0.25) is 0 Å². The molecular formula is C38H23NO2. The Morgan fingerprint density at radius 2 is 0.805 bits per heavy atom. The number of nitrogens with zero attached hydrogens (tertiary/aromatic N) is 1. The molecule has 0 radical (unpaired) electrons. The molecule has 0 unspecified atom stereocenters. The van der Waals surface area contributed by atoms with E-state index < -0.39 is 0 Å². The Kier molecular flexibility index (Phi) is 4.61. The maximum atomic E-state index is 6.36. The Hall–Kier alpha value is -5.54. The number of rotatable bonds is 3. The fourth-order valence-corrected chi connectivity index (χ4v) is 6.49. The van der Waals surface area contributed by atoms with Crippen molar-refractivity contribution in [3.63, 3.8) is 0 Å². The van der Waals surface area contributed by atoms with E-state index in [1.54, 1.807) is 0 Å². The molecule has 0 fully saturated rings. The van der Waals surface area contributed by atoms with Gasteiger partial charge in [0.1, 0.15) is 22.3 Å². The highest BCUT2D eigenvalue weighted by Gasteiger charge is 2.24. The third-order valence-electron chi connectivity index (χ3n) is 8.25. The number of fused-ring (bicyclic) bond motifs is 9. The number of hydrogen-bond acceptors (Lipinski definition) is 3. The Labute approximate surface area is 235 Å². The molecule has 2 aromatic heterocycles. The van der Waals surface area contributed by atoms with Crippen LogP contribution in [0, 0.1) is 0 Å². The SMILES string of the molecule is c1ccc2c(c1)ccc1c(N(c3cccc4oc5ccccc5c34)c3cccc4oc5ccccc5c34)cccc12. The van der Waals surface area contributed by atoms with Crippen LogP contribution in [0.1, 0.15) is 0 Å². The number of hydrogen-bond donors (Lipinski definition) is 0. The molecule has 9 rings (SSSR count). The molecule has 3 nitrogen and oxygen atoms in total. The van der Waals surface area contributed by atoms with Crippen molar-refractivity contribution >= 4 is 82.5 Å². The predicted octanol–water partition coefficient (Wildman–Crippen LogP) is 11.3. The quantitative estimate of drug-likeness (QED) is 0.215. The lowest BCUT2D eigenvalue weighted by atomic mass is 9.99. The molecule has 3 heteroatoms. The molecule has 9 aromatic rings. The third-order valence-corrected chi connectivity index (χ3v) is 8.25. The van der Waals surface area contributed by atoms with E-state index in [4.69, 9.17) is 8.83 Å². The fraction of sp³-hybridized carbons (Fsp3) is 0. The maximum absolute atomic E-state index is 6.36. The predicted molar refractivity (Wildman–Crippen MR) is 171 cm³/mol. The van der Waals surface area contributed by atoms with Gasteiger partial charge in [0, 0.05) is 16.2 Å². The normalized spacial score (nSPS) is 11.9. The van der Waals surface area contributed by atoms with Gasteiger partial charge in [0.15, 0.2) is 0 Å². The largest absolute Gasteiger partial charge is 0.456 e. The second kappa shape index (κ2) is 8.48. The van der Waals surface area contributed by atoms with Crippen molar-refractivity contribution in [2.45, 2.75) is 0 Å². The number of para-hydroxylation sites is 2. The van der Waals surface area contributed by atoms with Crippen molar-refractivity contribution in [2.24, 2.45) is 0 Å². The summed E-state index contributed by atoms with van der Waals surface area (Å²) in [6.45, 7) is 0. The second-order valence-corrected chi connectivity index (χ2v) is 10.5. The van der Waals surface area contributed by atoms with Crippen LogP contribution in [0.4, 0.5) is 17.1 Å². The van der Waals surface area contributed by atoms with E-state index in [0.717, 1.165) is 60.9 Å². The van der Waals surface area contributed by atoms with E-state index in [0.29, 0.717) is 0 Å². The lowest BCUT2D eigenvalue weighted by Crippen LogP contribution is -2.11. The summed E-state index contributed by atoms with van der Waals surface area (Å²) in [5, 5.41) is 9.24. The molecule has 7 aromatic carbocycles. The van der Waals surface area contributed by atoms with Crippen molar-refractivity contribution < 1.29 is 8.83 Å². The zero-order valence-corrected chi connectivity index (χ0v) is 22.0. The standard InChI is InChI=1S/C38H23NO2/c1-2-11-25-24(10-1)22-23-27-26(25)14-7-15-30(27)39(31-16-8-20-35-37(31)28-12-3-5-18-33(28)40-35)32-17-9-21-36-38(32)29-13-4-6-19-34(29)41-36/h1-23H. The van der Waals surface area contributed by atoms with Gasteiger partial charge < -0.3 is 13.7 Å². The third kappa shape index (κ3) is 3.20. The van der Waals surface area contributed by atoms with Crippen molar-refractivity contribution in [3.8, 4) is 0 Å². The van der Waals surface area contributed by atoms with Crippen molar-refractivity contribution in [1.29, 1.82) is 0 Å². The van der Waals surface area contributed by atoms with Crippen molar-refractivity contribution in [1.82, 2.24) is 0 Å². The first-order valence-electron chi connectivity index (χ1n) is 13.9. The summed E-state index contributed by atoms with van der Waals surface area (Å²) < 4.78 is 12.7. The minimum atomic E-state index is 0.864. The fourth-order valence-electron chi connectivity index (χ4n) is 6.49. The van der Waals surface area contributed by atoms with Gasteiger partial charge in [-0.3, -0.25) is 0 Å². The van der Waals surface area contributed by atoms with E-state index in [9.17, 15) is 0 Å². The van der Waals surface area contributed by atoms with Gasteiger partial charge in [0.25, 0.3) is 0 Å². The zero-order chi connectivity index (χ0) is 26.9. The Bertz CT molecular complexity index is 2330. The first-order valence-corrected chi connectivity index (χ1v) is 13.9. The molecule has 0 atom stereocenters. The van der Waals surface area contributed by atoms with Crippen molar-refractivity contribution in [3.05, 3.63) is 140 Å². The van der Waals surface area contributed by atoms with Crippen LogP contribution in [-0.2, 0) is 0 Å². The van der Waals surface area contributed by atoms with Crippen LogP contribution in [0.15, 0.2) is 148 Å². The second-order valence-electron chi connectivity index (χ2n) is 10.5. The summed E-state index contributed by atoms with van der Waals surface area (Å²) in [5.74, 6) is 0. The molecule has 0 spiro atoms. The first kappa shape index (κ1) is 22.3. The monoisotopic (exact) mass is 525 g/mol. The molecule has 0 aliphatic carbocycles. The maximum Gasteiger partial charge on any atom is 0.137 e. The van der Waals surface area contributed by atoms with Gasteiger partial charge in [-0.2, -0.15) is 0 Å². The molecule has 0 amide bonds. The summed E-state index contributed by atoms with van der Waals surface area (Å²) >= 11 is 0. The summed E-state index contributed by atoms with van der Waals surface area (Å²) in [4.78, 5) is 2.39. The number of furan rings is 2. The van der Waals surface area contributed by atoms with Gasteiger partial charge in [0.05, 0.1) is 27.8 Å². The molecule has 0 saturated carbocycles. The summed E-state index contributed by atoms with van der Waals surface area (Å²) in [6.07, 6.45) is 0. The van der Waals surface area contributed by atoms with E-state index in [2.05, 4.69) is 120 Å². The average Bonchev–Trinajstić information content (AvgIpc) is 3.60. The summed E-state index contributed by atoms with van der Waals surface area (Å²) in [6, 6.07) is 48.9. The molecule has 0 aliphatic heterocycles. The molecule has 0 N–H and O–H groups in total. The molecule has 2 heterocycles. The highest BCUT2D eigenvalue weighted by Crippen LogP contribution is 2.48. The van der Waals surface area contributed by atoms with Crippen LogP contribution in [-0.4, -0.2) is 0 Å². The van der Waals surface area contributed by atoms with Crippen molar-refractivity contribution in [2.75, 3.05) is 4.90 Å². The molecular weight excluding hydrogens is 502 g/mol. The molecule has 41 heavy (non-hydrogen) atoms. The molecule has 0 saturated heterocycles. The van der Waals surface area contributed by atoms with E-state index in [1.165, 1.54) is 21.5 Å². The van der Waals surface area contributed by atoms with Crippen LogP contribution >= 0.6 is 0 Å². The summed E-state index contributed by atoms with van der Waals surface area (Å²) in [7, 11) is 0. The van der Waals surface area contributed by atoms with Gasteiger partial charge in [-0.05, 0) is 58.6 Å². The molecule has 0 bridgehead atoms. The average molecular weight is 526 g/mol. The molecule has 0 aliphatic rings. The van der Waals surface area contributed by atoms with Crippen LogP contribution in [0.25, 0.3) is 65.4 Å². The van der Waals surface area contributed by atoms with E-state index >= 15 is 0 Å². The van der Waals surface area contributed by atoms with Gasteiger partial charge >= 0.3 is 0 Å². The van der Waals surface area contributed by atoms with Crippen LogP contribution < -0.4 is 4.90 Å². The lowest BCUT2D eigenvalue weighted by Gasteiger charge is -2.28. The van der Waals surface area contributed by atoms with Crippen LogP contribution in [0.2, 0.25) is 0 Å². The zero-order valence-electron chi connectivity index (χ0n) is 22.0. The topological polar surface area (TPSA) is 29.5 Å². The van der Waals surface area contributed by atoms with Gasteiger partial charge in [-0.1, -0.05) is 97.1 Å². The minimum Gasteiger partial charge on any atom is -0.456 e. The van der Waals surface area contributed by atoms with E-state index in [-0.39, 0.29) is 0 Å². The first-order chi connectivity index (χ1) is 20.3. The highest BCUT2D eigenvalue weighted by atomic mass is 16.3. The van der Waals surface area contributed by atoms with E-state index in [1.807, 2.05) is 24.3 Å². The minimum absolute atomic E-state index is 0.864. The van der Waals surface area contributed by atoms with Crippen LogP contribution in [0.3, 0.4) is 0 Å². The molecule has 192 valence electrons. The number of benzene rings is 7. The summed E-state index contributed by atoms with van der Waals surface area (Å²) in [5.41, 5.74) is 6.71. The Morgan fingerprint density at radius 1 is 0.317 bits per heavy atom. The lowest BCUT2D eigenvalue weighted by molar-refractivity contribution is 0.668. The van der Waals surface area contributed by atoms with Gasteiger partial charge in [-0.15, -0.1) is 0 Å². The Morgan fingerprint density at radius 3 is 1.46 bits per heavy atom. The van der Waals surface area contributed by atoms with Crippen LogP contribution in [0.5, 0.6) is 0 Å². The Balaban J connectivity index is 1.46. The number of anilines is 3. The smallest absolute Gasteiger partial charge is 0.137 e. The highest BCUT2D eigenvalue weighted by molar-refractivity contribution is 6.20.